The number of aryl methyl sites for hydroxylation is 1. The molecule has 3 N–H and O–H groups in total. The average molecular weight is 420 g/mol. The molecule has 0 aliphatic carbocycles. The molecule has 0 saturated heterocycles. The molecular weight excluding hydrogens is 393 g/mol. The number of rotatable bonds is 5. The molecule has 7 heteroatoms. The second-order valence-corrected chi connectivity index (χ2v) is 8.01. The van der Waals surface area contributed by atoms with E-state index in [9.17, 15) is 9.18 Å². The number of benzene rings is 2. The highest BCUT2D eigenvalue weighted by molar-refractivity contribution is 5.83. The van der Waals surface area contributed by atoms with Gasteiger partial charge in [0.25, 0.3) is 0 Å². The highest BCUT2D eigenvalue weighted by Crippen LogP contribution is 2.39. The topological polar surface area (TPSA) is 76.2 Å². The Hall–Kier alpha value is -3.45. The van der Waals surface area contributed by atoms with Crippen molar-refractivity contribution < 1.29 is 9.18 Å². The molecule has 0 spiro atoms. The predicted octanol–water partition coefficient (Wildman–Crippen LogP) is 4.46. The van der Waals surface area contributed by atoms with Crippen molar-refractivity contribution >= 4 is 23.6 Å². The second kappa shape index (κ2) is 8.00. The first-order valence-electron chi connectivity index (χ1n) is 10.3. The van der Waals surface area contributed by atoms with Gasteiger partial charge in [0, 0.05) is 23.7 Å². The summed E-state index contributed by atoms with van der Waals surface area (Å²) in [6.45, 7) is 5.88. The number of carbonyl (C=O) groups is 1. The first-order chi connectivity index (χ1) is 14.8. The largest absolute Gasteiger partial charge is 0.339 e. The zero-order valence-electron chi connectivity index (χ0n) is 17.9. The molecule has 4 rings (SSSR count). The number of aromatic nitrogens is 2. The first kappa shape index (κ1) is 20.8. The van der Waals surface area contributed by atoms with Crippen molar-refractivity contribution in [3.63, 3.8) is 0 Å². The maximum absolute atomic E-state index is 13.5. The van der Waals surface area contributed by atoms with Gasteiger partial charge < -0.3 is 16.0 Å². The summed E-state index contributed by atoms with van der Waals surface area (Å²) in [5.41, 5.74) is 8.50. The summed E-state index contributed by atoms with van der Waals surface area (Å²) in [6, 6.07) is 14.4. The Kier molecular flexibility index (Phi) is 5.37. The van der Waals surface area contributed by atoms with Crippen molar-refractivity contribution in [3.05, 3.63) is 71.9 Å². The number of imidazole rings is 1. The van der Waals surface area contributed by atoms with Gasteiger partial charge in [-0.05, 0) is 62.2 Å². The molecule has 1 aliphatic rings. The summed E-state index contributed by atoms with van der Waals surface area (Å²) in [5, 5.41) is 3.47. The van der Waals surface area contributed by atoms with Crippen LogP contribution >= 0.6 is 0 Å². The summed E-state index contributed by atoms with van der Waals surface area (Å²) >= 11 is 0. The molecule has 2 aromatic carbocycles. The van der Waals surface area contributed by atoms with Crippen molar-refractivity contribution in [2.24, 2.45) is 5.73 Å². The highest BCUT2D eigenvalue weighted by atomic mass is 19.1. The predicted molar refractivity (Wildman–Crippen MR) is 121 cm³/mol. The Morgan fingerprint density at radius 1 is 1.10 bits per heavy atom. The Morgan fingerprint density at radius 3 is 2.39 bits per heavy atom. The minimum absolute atomic E-state index is 0.0891. The molecule has 0 fully saturated rings. The monoisotopic (exact) mass is 419 g/mol. The number of halogens is 1. The summed E-state index contributed by atoms with van der Waals surface area (Å²) in [6.07, 6.45) is 4.49. The second-order valence-electron chi connectivity index (χ2n) is 8.01. The third-order valence-electron chi connectivity index (χ3n) is 5.61. The third kappa shape index (κ3) is 3.72. The van der Waals surface area contributed by atoms with Gasteiger partial charge in [-0.3, -0.25) is 9.36 Å². The smallest absolute Gasteiger partial charge is 0.241 e. The van der Waals surface area contributed by atoms with Gasteiger partial charge in [0.05, 0.1) is 6.54 Å². The molecule has 160 valence electrons. The van der Waals surface area contributed by atoms with Crippen molar-refractivity contribution in [1.82, 2.24) is 14.5 Å². The van der Waals surface area contributed by atoms with Crippen molar-refractivity contribution in [1.29, 1.82) is 0 Å². The van der Waals surface area contributed by atoms with Crippen LogP contribution in [0.25, 0.3) is 17.5 Å². The number of anilines is 2. The molecule has 0 atom stereocenters. The molecule has 3 aromatic rings. The molecule has 31 heavy (non-hydrogen) atoms. The molecular formula is C24H26FN5O. The lowest BCUT2D eigenvalue weighted by atomic mass is 10.0. The minimum atomic E-state index is -0.716. The SMILES string of the molecule is CCc1ccc(Nc2c(-c3ccc(F)cc3)nc3n2C=CN(C(=O)CN)C3(C)C)cc1. The number of nitrogens with one attached hydrogen (secondary N) is 1. The van der Waals surface area contributed by atoms with Crippen LogP contribution in [-0.4, -0.2) is 26.9 Å². The standard InChI is InChI=1S/C24H26FN5O/c1-4-16-5-11-19(12-6-16)27-22-21(17-7-9-18(25)10-8-17)28-23-24(2,3)30(20(31)15-26)14-13-29(22)23/h5-14,27H,4,15,26H2,1-3H3. The molecule has 0 radical (unpaired) electrons. The van der Waals surface area contributed by atoms with Gasteiger partial charge >= 0.3 is 0 Å². The van der Waals surface area contributed by atoms with Crippen LogP contribution in [0.15, 0.2) is 54.7 Å². The fraction of sp³-hybridized carbons (Fsp3) is 0.250. The number of fused-ring (bicyclic) bond motifs is 1. The van der Waals surface area contributed by atoms with Crippen LogP contribution in [0.5, 0.6) is 0 Å². The van der Waals surface area contributed by atoms with E-state index in [1.807, 2.05) is 30.5 Å². The Bertz CT molecular complexity index is 1130. The van der Waals surface area contributed by atoms with Gasteiger partial charge in [-0.2, -0.15) is 0 Å². The lowest BCUT2D eigenvalue weighted by Gasteiger charge is -2.38. The van der Waals surface area contributed by atoms with Crippen LogP contribution in [-0.2, 0) is 16.8 Å². The summed E-state index contributed by atoms with van der Waals surface area (Å²) in [4.78, 5) is 18.9. The number of nitrogens with zero attached hydrogens (tertiary/aromatic N) is 3. The van der Waals surface area contributed by atoms with E-state index in [2.05, 4.69) is 24.4 Å². The number of nitrogens with two attached hydrogens (primary N) is 1. The van der Waals surface area contributed by atoms with Crippen molar-refractivity contribution in [2.75, 3.05) is 11.9 Å². The van der Waals surface area contributed by atoms with Gasteiger partial charge in [0.2, 0.25) is 5.91 Å². The lowest BCUT2D eigenvalue weighted by Crippen LogP contribution is -2.47. The summed E-state index contributed by atoms with van der Waals surface area (Å²) in [7, 11) is 0. The van der Waals surface area contributed by atoms with Crippen LogP contribution in [0.2, 0.25) is 0 Å². The van der Waals surface area contributed by atoms with E-state index in [-0.39, 0.29) is 18.3 Å². The maximum Gasteiger partial charge on any atom is 0.241 e. The van der Waals surface area contributed by atoms with Crippen LogP contribution in [0.3, 0.4) is 0 Å². The van der Waals surface area contributed by atoms with E-state index < -0.39 is 5.54 Å². The van der Waals surface area contributed by atoms with Crippen molar-refractivity contribution in [3.8, 4) is 11.3 Å². The number of carbonyl (C=O) groups excluding carboxylic acids is 1. The fourth-order valence-electron chi connectivity index (χ4n) is 3.82. The lowest BCUT2D eigenvalue weighted by molar-refractivity contribution is -0.132. The molecule has 6 nitrogen and oxygen atoms in total. The minimum Gasteiger partial charge on any atom is -0.339 e. The van der Waals surface area contributed by atoms with Crippen LogP contribution in [0.1, 0.15) is 32.2 Å². The molecule has 1 aliphatic heterocycles. The third-order valence-corrected chi connectivity index (χ3v) is 5.61. The zero-order chi connectivity index (χ0) is 22.2. The van der Waals surface area contributed by atoms with E-state index in [4.69, 9.17) is 10.7 Å². The van der Waals surface area contributed by atoms with E-state index in [1.165, 1.54) is 17.7 Å². The molecule has 0 saturated carbocycles. The molecule has 0 bridgehead atoms. The number of hydrogen-bond donors (Lipinski definition) is 2. The number of hydrogen-bond acceptors (Lipinski definition) is 4. The Morgan fingerprint density at radius 2 is 1.77 bits per heavy atom. The molecule has 1 amide bonds. The Balaban J connectivity index is 1.85. The molecule has 0 unspecified atom stereocenters. The van der Waals surface area contributed by atoms with Gasteiger partial charge in [0.15, 0.2) is 0 Å². The molecule has 1 aromatic heterocycles. The molecule has 2 heterocycles. The fourth-order valence-corrected chi connectivity index (χ4v) is 3.82. The normalized spacial score (nSPS) is 14.4. The first-order valence-corrected chi connectivity index (χ1v) is 10.3. The maximum atomic E-state index is 13.5. The van der Waals surface area contributed by atoms with E-state index in [1.54, 1.807) is 29.4 Å². The summed E-state index contributed by atoms with van der Waals surface area (Å²) < 4.78 is 15.5. The average Bonchev–Trinajstić information content (AvgIpc) is 3.14. The quantitative estimate of drug-likeness (QED) is 0.640. The van der Waals surface area contributed by atoms with E-state index in [0.29, 0.717) is 11.5 Å². The van der Waals surface area contributed by atoms with Crippen LogP contribution in [0, 0.1) is 5.82 Å². The van der Waals surface area contributed by atoms with Gasteiger partial charge in [0.1, 0.15) is 28.7 Å². The van der Waals surface area contributed by atoms with E-state index in [0.717, 1.165) is 23.5 Å². The van der Waals surface area contributed by atoms with Crippen molar-refractivity contribution in [2.45, 2.75) is 32.7 Å². The van der Waals surface area contributed by atoms with Crippen LogP contribution < -0.4 is 11.1 Å². The van der Waals surface area contributed by atoms with Gasteiger partial charge in [-0.1, -0.05) is 19.1 Å². The summed E-state index contributed by atoms with van der Waals surface area (Å²) in [5.74, 6) is 0.930. The van der Waals surface area contributed by atoms with Gasteiger partial charge in [-0.25, -0.2) is 9.37 Å². The Labute approximate surface area is 181 Å². The van der Waals surface area contributed by atoms with Gasteiger partial charge in [-0.15, -0.1) is 0 Å². The highest BCUT2D eigenvalue weighted by Gasteiger charge is 2.39. The zero-order valence-corrected chi connectivity index (χ0v) is 17.9. The van der Waals surface area contributed by atoms with E-state index >= 15 is 0 Å². The van der Waals surface area contributed by atoms with Crippen LogP contribution in [0.4, 0.5) is 15.9 Å². The number of amides is 1.